The number of allylic oxidation sites excluding steroid dienone is 1. The summed E-state index contributed by atoms with van der Waals surface area (Å²) >= 11 is 0. The molecule has 0 saturated carbocycles. The maximum absolute atomic E-state index is 12.0. The van der Waals surface area contributed by atoms with Crippen molar-refractivity contribution in [2.75, 3.05) is 0 Å². The number of rotatable bonds is 4. The van der Waals surface area contributed by atoms with Gasteiger partial charge in [-0.05, 0) is 59.8 Å². The molecule has 0 aromatic heterocycles. The molecule has 1 aliphatic carbocycles. The number of carbonyl (C=O) groups is 4. The standard InChI is InChI=1S/C15H14O3.C11H21NO4/c1-15(2)8-7-11-13(17)12(16)9-5-3-4-6-10(9)14(11)18-15;1-7(2)6-8(9(13)14)12-10(15)16-11(3,4)5/h3-6H,7-8H2,1-2H3;7-8H,6H2,1-5H3,(H,12,15)(H,13,14)/t;8-/m.0/s1. The Morgan fingerprint density at radius 1 is 1.12 bits per heavy atom. The van der Waals surface area contributed by atoms with Gasteiger partial charge in [-0.25, -0.2) is 9.59 Å². The predicted octanol–water partition coefficient (Wildman–Crippen LogP) is 4.76. The van der Waals surface area contributed by atoms with Crippen LogP contribution >= 0.6 is 0 Å². The highest BCUT2D eigenvalue weighted by molar-refractivity contribution is 6.52. The zero-order valence-corrected chi connectivity index (χ0v) is 21.0. The minimum Gasteiger partial charge on any atom is -0.487 e. The van der Waals surface area contributed by atoms with Crippen LogP contribution in [0.5, 0.6) is 0 Å². The van der Waals surface area contributed by atoms with Crippen LogP contribution in [0.1, 0.15) is 83.7 Å². The zero-order chi connectivity index (χ0) is 25.8. The van der Waals surface area contributed by atoms with Crippen molar-refractivity contribution in [2.45, 2.75) is 85.0 Å². The van der Waals surface area contributed by atoms with Crippen LogP contribution in [0.2, 0.25) is 0 Å². The highest BCUT2D eigenvalue weighted by Crippen LogP contribution is 2.40. The van der Waals surface area contributed by atoms with E-state index in [0.717, 1.165) is 12.0 Å². The highest BCUT2D eigenvalue weighted by atomic mass is 16.6. The summed E-state index contributed by atoms with van der Waals surface area (Å²) in [5.41, 5.74) is 0.847. The van der Waals surface area contributed by atoms with Gasteiger partial charge >= 0.3 is 12.1 Å². The van der Waals surface area contributed by atoms with Gasteiger partial charge in [-0.2, -0.15) is 0 Å². The van der Waals surface area contributed by atoms with Crippen LogP contribution in [0.25, 0.3) is 5.76 Å². The first kappa shape index (κ1) is 27.1. The lowest BCUT2D eigenvalue weighted by atomic mass is 9.82. The summed E-state index contributed by atoms with van der Waals surface area (Å²) < 4.78 is 10.9. The van der Waals surface area contributed by atoms with Crippen molar-refractivity contribution in [3.8, 4) is 0 Å². The first-order valence-electron chi connectivity index (χ1n) is 11.4. The SMILES string of the molecule is CC(C)C[C@H](NC(=O)OC(C)(C)C)C(=O)O.CC1(C)CCC2=C(O1)c1ccccc1C(=O)C2=O. The third-order valence-corrected chi connectivity index (χ3v) is 5.22. The minimum atomic E-state index is -1.04. The van der Waals surface area contributed by atoms with Gasteiger partial charge in [-0.3, -0.25) is 9.59 Å². The van der Waals surface area contributed by atoms with E-state index in [1.807, 2.05) is 39.8 Å². The number of benzene rings is 1. The van der Waals surface area contributed by atoms with E-state index >= 15 is 0 Å². The Hall–Kier alpha value is -3.16. The summed E-state index contributed by atoms with van der Waals surface area (Å²) in [6, 6.07) is 6.26. The molecule has 1 aromatic carbocycles. The normalized spacial score (nSPS) is 17.5. The number of carbonyl (C=O) groups excluding carboxylic acids is 3. The third kappa shape index (κ3) is 7.17. The van der Waals surface area contributed by atoms with Gasteiger partial charge in [0, 0.05) is 16.7 Å². The fraction of sp³-hybridized carbons (Fsp3) is 0.538. The molecule has 0 unspecified atom stereocenters. The number of alkyl carbamates (subject to hydrolysis) is 1. The van der Waals surface area contributed by atoms with Crippen LogP contribution in [0.3, 0.4) is 0 Å². The number of ether oxygens (including phenoxy) is 2. The van der Waals surface area contributed by atoms with E-state index in [1.54, 1.807) is 32.9 Å². The molecule has 8 nitrogen and oxygen atoms in total. The van der Waals surface area contributed by atoms with Crippen LogP contribution in [0.15, 0.2) is 29.8 Å². The molecule has 186 valence electrons. The Morgan fingerprint density at radius 2 is 1.71 bits per heavy atom. The quantitative estimate of drug-likeness (QED) is 0.605. The molecule has 0 spiro atoms. The summed E-state index contributed by atoms with van der Waals surface area (Å²) in [5, 5.41) is 11.2. The molecule has 1 heterocycles. The minimum absolute atomic E-state index is 0.191. The summed E-state index contributed by atoms with van der Waals surface area (Å²) in [5.74, 6) is -1.06. The number of hydrogen-bond donors (Lipinski definition) is 2. The van der Waals surface area contributed by atoms with Gasteiger partial charge in [-0.15, -0.1) is 0 Å². The van der Waals surface area contributed by atoms with Gasteiger partial charge in [-0.1, -0.05) is 38.1 Å². The van der Waals surface area contributed by atoms with Crippen molar-refractivity contribution < 1.29 is 33.8 Å². The molecule has 3 rings (SSSR count). The zero-order valence-electron chi connectivity index (χ0n) is 21.0. The van der Waals surface area contributed by atoms with Crippen molar-refractivity contribution in [3.63, 3.8) is 0 Å². The van der Waals surface area contributed by atoms with Crippen LogP contribution in [0.4, 0.5) is 4.79 Å². The fourth-order valence-electron chi connectivity index (χ4n) is 3.64. The van der Waals surface area contributed by atoms with Gasteiger partial charge in [0.05, 0.1) is 0 Å². The molecule has 8 heteroatoms. The second kappa shape index (κ2) is 10.4. The number of ketones is 2. The van der Waals surface area contributed by atoms with E-state index in [-0.39, 0.29) is 11.5 Å². The lowest BCUT2D eigenvalue weighted by Gasteiger charge is -2.36. The molecule has 0 bridgehead atoms. The van der Waals surface area contributed by atoms with E-state index in [4.69, 9.17) is 14.6 Å². The van der Waals surface area contributed by atoms with E-state index in [9.17, 15) is 19.2 Å². The number of fused-ring (bicyclic) bond motifs is 2. The van der Waals surface area contributed by atoms with Crippen molar-refractivity contribution in [2.24, 2.45) is 5.92 Å². The molecule has 1 aliphatic heterocycles. The van der Waals surface area contributed by atoms with E-state index in [0.29, 0.717) is 29.7 Å². The smallest absolute Gasteiger partial charge is 0.408 e. The lowest BCUT2D eigenvalue weighted by Crippen LogP contribution is -2.44. The molecular formula is C26H35NO7. The maximum Gasteiger partial charge on any atom is 0.408 e. The molecule has 2 aliphatic rings. The molecule has 0 fully saturated rings. The van der Waals surface area contributed by atoms with Gasteiger partial charge in [0.1, 0.15) is 23.0 Å². The summed E-state index contributed by atoms with van der Waals surface area (Å²) in [7, 11) is 0. The Balaban J connectivity index is 0.000000243. The molecule has 0 radical (unpaired) electrons. The number of aliphatic carboxylic acids is 1. The van der Waals surface area contributed by atoms with Gasteiger partial charge in [0.2, 0.25) is 11.6 Å². The van der Waals surface area contributed by atoms with Crippen LogP contribution in [-0.2, 0) is 19.1 Å². The fourth-order valence-corrected chi connectivity index (χ4v) is 3.64. The first-order valence-corrected chi connectivity index (χ1v) is 11.4. The first-order chi connectivity index (χ1) is 15.6. The van der Waals surface area contributed by atoms with Gasteiger partial charge in [0.15, 0.2) is 0 Å². The molecule has 1 atom stereocenters. The van der Waals surface area contributed by atoms with Crippen molar-refractivity contribution in [1.29, 1.82) is 0 Å². The largest absolute Gasteiger partial charge is 0.487 e. The van der Waals surface area contributed by atoms with Crippen molar-refractivity contribution >= 4 is 29.4 Å². The predicted molar refractivity (Wildman–Crippen MR) is 127 cm³/mol. The molecule has 1 aromatic rings. The van der Waals surface area contributed by atoms with Crippen LogP contribution in [-0.4, -0.2) is 46.0 Å². The van der Waals surface area contributed by atoms with Crippen molar-refractivity contribution in [3.05, 3.63) is 41.0 Å². The molecular weight excluding hydrogens is 438 g/mol. The summed E-state index contributed by atoms with van der Waals surface area (Å²) in [6.07, 6.45) is 1.06. The Bertz CT molecular complexity index is 999. The number of carboxylic acid groups (broad SMARTS) is 1. The molecule has 2 N–H and O–H groups in total. The molecule has 1 amide bonds. The van der Waals surface area contributed by atoms with Gasteiger partial charge < -0.3 is 19.9 Å². The van der Waals surface area contributed by atoms with E-state index in [1.165, 1.54) is 0 Å². The Kier molecular flexibility index (Phi) is 8.29. The van der Waals surface area contributed by atoms with Crippen LogP contribution < -0.4 is 5.32 Å². The van der Waals surface area contributed by atoms with Gasteiger partial charge in [0.25, 0.3) is 0 Å². The Morgan fingerprint density at radius 3 is 2.24 bits per heavy atom. The average Bonchev–Trinajstić information content (AvgIpc) is 2.69. The third-order valence-electron chi connectivity index (χ3n) is 5.22. The molecule has 0 saturated heterocycles. The number of carboxylic acids is 1. The number of hydrogen-bond acceptors (Lipinski definition) is 6. The maximum atomic E-state index is 12.0. The van der Waals surface area contributed by atoms with E-state index < -0.39 is 35.3 Å². The number of Topliss-reactive ketones (excluding diaryl/α,β-unsaturated/α-hetero) is 2. The number of nitrogens with one attached hydrogen (secondary N) is 1. The average molecular weight is 474 g/mol. The monoisotopic (exact) mass is 473 g/mol. The molecule has 34 heavy (non-hydrogen) atoms. The van der Waals surface area contributed by atoms with E-state index in [2.05, 4.69) is 5.32 Å². The summed E-state index contributed by atoms with van der Waals surface area (Å²) in [6.45, 7) is 13.0. The van der Waals surface area contributed by atoms with Crippen LogP contribution in [0, 0.1) is 5.92 Å². The lowest BCUT2D eigenvalue weighted by molar-refractivity contribution is -0.139. The second-order valence-electron chi connectivity index (χ2n) is 10.5. The highest BCUT2D eigenvalue weighted by Gasteiger charge is 2.39. The number of amides is 1. The second-order valence-corrected chi connectivity index (χ2v) is 10.5. The van der Waals surface area contributed by atoms with Crippen molar-refractivity contribution in [1.82, 2.24) is 5.32 Å². The topological polar surface area (TPSA) is 119 Å². The Labute approximate surface area is 200 Å². The summed E-state index contributed by atoms with van der Waals surface area (Å²) in [4.78, 5) is 46.3.